The molecule has 0 aliphatic rings. The van der Waals surface area contributed by atoms with Gasteiger partial charge in [0.2, 0.25) is 11.8 Å². The molecule has 0 aliphatic heterocycles. The Bertz CT molecular complexity index is 333. The lowest BCUT2D eigenvalue weighted by Crippen LogP contribution is -2.44. The lowest BCUT2D eigenvalue weighted by molar-refractivity contribution is -0.136. The van der Waals surface area contributed by atoms with Crippen LogP contribution < -0.4 is 11.1 Å². The molecule has 0 aromatic carbocycles. The monoisotopic (exact) mass is 274 g/mol. The normalized spacial score (nSPS) is 12.9. The van der Waals surface area contributed by atoms with Crippen molar-refractivity contribution in [1.82, 2.24) is 10.2 Å². The van der Waals surface area contributed by atoms with Gasteiger partial charge < -0.3 is 25.9 Å². The summed E-state index contributed by atoms with van der Waals surface area (Å²) in [7, 11) is 3.02. The molecule has 0 spiro atoms. The number of nitrogens with zero attached hydrogens (tertiary/aromatic N) is 2. The maximum Gasteiger partial charge on any atom is 0.239 e. The molecule has 0 saturated carbocycles. The van der Waals surface area contributed by atoms with Crippen molar-refractivity contribution in [3.05, 3.63) is 0 Å². The fourth-order valence-electron chi connectivity index (χ4n) is 1.49. The third-order valence-electron chi connectivity index (χ3n) is 2.56. The van der Waals surface area contributed by atoms with Crippen LogP contribution in [-0.4, -0.2) is 61.6 Å². The molecule has 19 heavy (non-hydrogen) atoms. The highest BCUT2D eigenvalue weighted by Crippen LogP contribution is 2.06. The molecule has 0 aliphatic carbocycles. The minimum Gasteiger partial charge on any atom is -0.409 e. The average molecular weight is 274 g/mol. The van der Waals surface area contributed by atoms with Crippen molar-refractivity contribution in [1.29, 1.82) is 0 Å². The van der Waals surface area contributed by atoms with Gasteiger partial charge in [0.15, 0.2) is 5.84 Å². The Labute approximate surface area is 112 Å². The number of methoxy groups -OCH3 is 1. The van der Waals surface area contributed by atoms with Gasteiger partial charge >= 0.3 is 0 Å². The van der Waals surface area contributed by atoms with Gasteiger partial charge in [-0.2, -0.15) is 0 Å². The third kappa shape index (κ3) is 6.05. The highest BCUT2D eigenvalue weighted by atomic mass is 16.5. The van der Waals surface area contributed by atoms with Gasteiger partial charge in [0, 0.05) is 20.7 Å². The number of nitrogens with two attached hydrogens (primary N) is 1. The molecule has 0 radical (unpaired) electrons. The molecule has 1 atom stereocenters. The zero-order valence-electron chi connectivity index (χ0n) is 11.5. The fraction of sp³-hybridized carbons (Fsp3) is 0.727. The van der Waals surface area contributed by atoms with Crippen LogP contribution in [0.4, 0.5) is 0 Å². The molecule has 0 heterocycles. The molecule has 110 valence electrons. The van der Waals surface area contributed by atoms with E-state index in [-0.39, 0.29) is 24.2 Å². The number of amides is 2. The van der Waals surface area contributed by atoms with E-state index in [1.807, 2.05) is 0 Å². The number of nitrogens with one attached hydrogen (secondary N) is 1. The van der Waals surface area contributed by atoms with E-state index >= 15 is 0 Å². The first kappa shape index (κ1) is 17.2. The Kier molecular flexibility index (Phi) is 8.27. The SMILES string of the molecule is CCC(C(=O)N(C)CC(=O)NCCOC)C(N)=NO. The van der Waals surface area contributed by atoms with Crippen LogP contribution >= 0.6 is 0 Å². The highest BCUT2D eigenvalue weighted by molar-refractivity contribution is 6.02. The van der Waals surface area contributed by atoms with Gasteiger partial charge in [-0.3, -0.25) is 9.59 Å². The Morgan fingerprint density at radius 2 is 2.16 bits per heavy atom. The summed E-state index contributed by atoms with van der Waals surface area (Å²) in [6.45, 7) is 2.45. The van der Waals surface area contributed by atoms with E-state index in [0.29, 0.717) is 19.6 Å². The van der Waals surface area contributed by atoms with Crippen LogP contribution in [0.3, 0.4) is 0 Å². The van der Waals surface area contributed by atoms with Crippen LogP contribution in [0, 0.1) is 5.92 Å². The Morgan fingerprint density at radius 1 is 1.53 bits per heavy atom. The fourth-order valence-corrected chi connectivity index (χ4v) is 1.49. The summed E-state index contributed by atoms with van der Waals surface area (Å²) >= 11 is 0. The van der Waals surface area contributed by atoms with Gasteiger partial charge in [0.25, 0.3) is 0 Å². The zero-order chi connectivity index (χ0) is 14.8. The van der Waals surface area contributed by atoms with Crippen molar-refractivity contribution < 1.29 is 19.5 Å². The van der Waals surface area contributed by atoms with Crippen LogP contribution in [0.5, 0.6) is 0 Å². The van der Waals surface area contributed by atoms with Crippen molar-refractivity contribution in [3.63, 3.8) is 0 Å². The van der Waals surface area contributed by atoms with Gasteiger partial charge in [-0.25, -0.2) is 0 Å². The van der Waals surface area contributed by atoms with Crippen LogP contribution in [0.25, 0.3) is 0 Å². The van der Waals surface area contributed by atoms with Gasteiger partial charge in [-0.15, -0.1) is 0 Å². The van der Waals surface area contributed by atoms with E-state index in [1.54, 1.807) is 6.92 Å². The summed E-state index contributed by atoms with van der Waals surface area (Å²) in [5.41, 5.74) is 5.43. The Balaban J connectivity index is 4.36. The number of hydrogen-bond acceptors (Lipinski definition) is 5. The number of ether oxygens (including phenoxy) is 1. The molecule has 0 aromatic rings. The van der Waals surface area contributed by atoms with Gasteiger partial charge in [-0.05, 0) is 6.42 Å². The third-order valence-corrected chi connectivity index (χ3v) is 2.56. The van der Waals surface area contributed by atoms with E-state index in [9.17, 15) is 9.59 Å². The molecular weight excluding hydrogens is 252 g/mol. The molecule has 0 saturated heterocycles. The lowest BCUT2D eigenvalue weighted by Gasteiger charge is -2.21. The predicted octanol–water partition coefficient (Wildman–Crippen LogP) is -1.02. The minimum atomic E-state index is -0.721. The number of hydrogen-bond donors (Lipinski definition) is 3. The zero-order valence-corrected chi connectivity index (χ0v) is 11.5. The van der Waals surface area contributed by atoms with E-state index in [0.717, 1.165) is 0 Å². The maximum absolute atomic E-state index is 12.0. The molecule has 4 N–H and O–H groups in total. The Hall–Kier alpha value is -1.83. The molecule has 0 rings (SSSR count). The summed E-state index contributed by atoms with van der Waals surface area (Å²) < 4.78 is 4.79. The number of rotatable bonds is 8. The summed E-state index contributed by atoms with van der Waals surface area (Å²) in [4.78, 5) is 24.7. The molecule has 8 heteroatoms. The van der Waals surface area contributed by atoms with Gasteiger partial charge in [-0.1, -0.05) is 12.1 Å². The second-order valence-corrected chi connectivity index (χ2v) is 4.02. The minimum absolute atomic E-state index is 0.0856. The number of carbonyl (C=O) groups excluding carboxylic acids is 2. The molecule has 8 nitrogen and oxygen atoms in total. The standard InChI is InChI=1S/C11H22N4O4/c1-4-8(10(12)14-18)11(17)15(2)7-9(16)13-5-6-19-3/h8,18H,4-7H2,1-3H3,(H2,12,14)(H,13,16). The first-order valence-corrected chi connectivity index (χ1v) is 5.95. The topological polar surface area (TPSA) is 117 Å². The van der Waals surface area contributed by atoms with E-state index in [2.05, 4.69) is 10.5 Å². The van der Waals surface area contributed by atoms with Crippen LogP contribution in [0.2, 0.25) is 0 Å². The van der Waals surface area contributed by atoms with Gasteiger partial charge in [0.05, 0.1) is 19.1 Å². The van der Waals surface area contributed by atoms with Crippen molar-refractivity contribution in [2.75, 3.05) is 33.9 Å². The number of amidine groups is 1. The molecule has 0 aromatic heterocycles. The summed E-state index contributed by atoms with van der Waals surface area (Å²) in [5, 5.41) is 14.0. The predicted molar refractivity (Wildman–Crippen MR) is 69.7 cm³/mol. The van der Waals surface area contributed by atoms with Crippen LogP contribution in [-0.2, 0) is 14.3 Å². The smallest absolute Gasteiger partial charge is 0.239 e. The summed E-state index contributed by atoms with van der Waals surface area (Å²) in [5.74, 6) is -1.53. The van der Waals surface area contributed by atoms with E-state index < -0.39 is 5.92 Å². The second-order valence-electron chi connectivity index (χ2n) is 4.02. The lowest BCUT2D eigenvalue weighted by atomic mass is 10.0. The first-order valence-electron chi connectivity index (χ1n) is 5.95. The second kappa shape index (κ2) is 9.15. The number of carbonyl (C=O) groups is 2. The highest BCUT2D eigenvalue weighted by Gasteiger charge is 2.25. The largest absolute Gasteiger partial charge is 0.409 e. The van der Waals surface area contributed by atoms with Crippen LogP contribution in [0.1, 0.15) is 13.3 Å². The Morgan fingerprint density at radius 3 is 2.63 bits per heavy atom. The molecular formula is C11H22N4O4. The molecule has 1 unspecified atom stereocenters. The van der Waals surface area contributed by atoms with Crippen LogP contribution in [0.15, 0.2) is 5.16 Å². The van der Waals surface area contributed by atoms with E-state index in [1.165, 1.54) is 19.1 Å². The van der Waals surface area contributed by atoms with Crippen molar-refractivity contribution in [2.24, 2.45) is 16.8 Å². The van der Waals surface area contributed by atoms with Crippen molar-refractivity contribution >= 4 is 17.6 Å². The summed E-state index contributed by atoms with van der Waals surface area (Å²) in [6, 6.07) is 0. The van der Waals surface area contributed by atoms with Crippen molar-refractivity contribution in [2.45, 2.75) is 13.3 Å². The van der Waals surface area contributed by atoms with E-state index in [4.69, 9.17) is 15.7 Å². The van der Waals surface area contributed by atoms with Crippen molar-refractivity contribution in [3.8, 4) is 0 Å². The van der Waals surface area contributed by atoms with Gasteiger partial charge in [0.1, 0.15) is 0 Å². The molecule has 0 fully saturated rings. The summed E-state index contributed by atoms with van der Waals surface area (Å²) in [6.07, 6.45) is 0.393. The molecule has 0 bridgehead atoms. The average Bonchev–Trinajstić information content (AvgIpc) is 2.39. The maximum atomic E-state index is 12.0. The number of oxime groups is 1. The molecule has 2 amide bonds. The number of likely N-dealkylation sites (N-methyl/N-ethyl adjacent to an activating group) is 1. The quantitative estimate of drug-likeness (QED) is 0.172. The first-order chi connectivity index (χ1) is 8.97.